The van der Waals surface area contributed by atoms with Crippen molar-refractivity contribution in [2.75, 3.05) is 50.2 Å². The van der Waals surface area contributed by atoms with Crippen molar-refractivity contribution >= 4 is 17.5 Å². The Labute approximate surface area is 203 Å². The van der Waals surface area contributed by atoms with E-state index in [2.05, 4.69) is 10.2 Å². The molecule has 2 aliphatic rings. The van der Waals surface area contributed by atoms with Gasteiger partial charge in [0.1, 0.15) is 23.2 Å². The first-order valence-corrected chi connectivity index (χ1v) is 11.8. The molecule has 0 atom stereocenters. The first-order chi connectivity index (χ1) is 17.1. The summed E-state index contributed by atoms with van der Waals surface area (Å²) in [6.07, 6.45) is 1.21. The summed E-state index contributed by atoms with van der Waals surface area (Å²) in [5.74, 6) is 1.95. The topological polar surface area (TPSA) is 79.8 Å². The highest BCUT2D eigenvalue weighted by molar-refractivity contribution is 5.89. The minimum Gasteiger partial charge on any atom is -0.497 e. The zero-order valence-electron chi connectivity index (χ0n) is 19.7. The molecule has 1 saturated heterocycles. The van der Waals surface area contributed by atoms with Crippen LogP contribution in [0.5, 0.6) is 5.75 Å². The molecule has 3 aromatic rings. The number of halogens is 1. The first-order valence-electron chi connectivity index (χ1n) is 11.8. The number of ether oxygens (including phenoxy) is 2. The predicted octanol–water partition coefficient (Wildman–Crippen LogP) is 3.64. The van der Waals surface area contributed by atoms with E-state index in [1.807, 2.05) is 24.3 Å². The van der Waals surface area contributed by atoms with Gasteiger partial charge < -0.3 is 24.6 Å². The number of benzene rings is 2. The molecule has 0 saturated carbocycles. The molecular formula is C26H28FN5O3. The van der Waals surface area contributed by atoms with Crippen molar-refractivity contribution in [1.29, 1.82) is 0 Å². The summed E-state index contributed by atoms with van der Waals surface area (Å²) in [4.78, 5) is 26.7. The summed E-state index contributed by atoms with van der Waals surface area (Å²) in [7, 11) is 1.65. The number of nitrogens with zero attached hydrogens (tertiary/aromatic N) is 4. The van der Waals surface area contributed by atoms with Crippen LogP contribution in [0.2, 0.25) is 0 Å². The lowest BCUT2D eigenvalue weighted by molar-refractivity contribution is 0.122. The van der Waals surface area contributed by atoms with Crippen molar-refractivity contribution in [2.45, 2.75) is 19.4 Å². The van der Waals surface area contributed by atoms with E-state index >= 15 is 0 Å². The molecule has 0 spiro atoms. The summed E-state index contributed by atoms with van der Waals surface area (Å²) in [6.45, 7) is 3.58. The van der Waals surface area contributed by atoms with Gasteiger partial charge in [0.25, 0.3) is 0 Å². The van der Waals surface area contributed by atoms with Crippen LogP contribution in [0.1, 0.15) is 22.6 Å². The molecule has 0 bridgehead atoms. The fourth-order valence-corrected chi connectivity index (χ4v) is 4.42. The van der Waals surface area contributed by atoms with Gasteiger partial charge in [0, 0.05) is 38.0 Å². The number of carbonyl (C=O) groups excluding carboxylic acids is 1. The van der Waals surface area contributed by atoms with E-state index in [0.29, 0.717) is 39.1 Å². The van der Waals surface area contributed by atoms with Crippen LogP contribution in [0.4, 0.5) is 20.7 Å². The Morgan fingerprint density at radius 3 is 2.60 bits per heavy atom. The average Bonchev–Trinajstić information content (AvgIpc) is 2.90. The maximum Gasteiger partial charge on any atom is 0.322 e. The van der Waals surface area contributed by atoms with Gasteiger partial charge in [-0.05, 0) is 29.8 Å². The minimum absolute atomic E-state index is 0.169. The van der Waals surface area contributed by atoms with Crippen molar-refractivity contribution in [3.63, 3.8) is 0 Å². The number of aromatic nitrogens is 2. The van der Waals surface area contributed by atoms with E-state index in [1.165, 1.54) is 6.07 Å². The van der Waals surface area contributed by atoms with Crippen LogP contribution in [0, 0.1) is 5.82 Å². The number of morpholine rings is 1. The van der Waals surface area contributed by atoms with Crippen LogP contribution < -0.4 is 15.0 Å². The molecule has 1 aromatic heterocycles. The van der Waals surface area contributed by atoms with Crippen molar-refractivity contribution in [2.24, 2.45) is 0 Å². The number of para-hydroxylation sites is 1. The number of hydrogen-bond acceptors (Lipinski definition) is 6. The van der Waals surface area contributed by atoms with Gasteiger partial charge in [-0.1, -0.05) is 24.3 Å². The van der Waals surface area contributed by atoms with Gasteiger partial charge in [0.15, 0.2) is 0 Å². The Bertz CT molecular complexity index is 1200. The van der Waals surface area contributed by atoms with Crippen LogP contribution in [0.25, 0.3) is 0 Å². The molecule has 0 radical (unpaired) electrons. The Kier molecular flexibility index (Phi) is 6.76. The fraction of sp³-hybridized carbons (Fsp3) is 0.346. The molecule has 2 amide bonds. The molecule has 182 valence electrons. The minimum atomic E-state index is -0.459. The molecule has 1 fully saturated rings. The lowest BCUT2D eigenvalue weighted by atomic mass is 10.0. The second-order valence-corrected chi connectivity index (χ2v) is 8.59. The second-order valence-electron chi connectivity index (χ2n) is 8.59. The number of anilines is 2. The van der Waals surface area contributed by atoms with Crippen LogP contribution in [-0.2, 0) is 24.1 Å². The number of carbonyl (C=O) groups is 1. The lowest BCUT2D eigenvalue weighted by Gasteiger charge is -2.34. The van der Waals surface area contributed by atoms with Gasteiger partial charge in [-0.3, -0.25) is 0 Å². The van der Waals surface area contributed by atoms with Gasteiger partial charge in [0.05, 0.1) is 38.2 Å². The normalized spacial score (nSPS) is 15.5. The predicted molar refractivity (Wildman–Crippen MR) is 130 cm³/mol. The molecule has 9 heteroatoms. The van der Waals surface area contributed by atoms with Crippen LogP contribution in [0.15, 0.2) is 48.5 Å². The number of amides is 2. The standard InChI is InChI=1S/C26H28FN5O3/c1-34-19-8-6-18(7-9-19)16-24-28-22-10-11-32(26(33)29-23-5-3-2-4-21(23)27)17-20(22)25(30-24)31-12-14-35-15-13-31/h2-9H,10-17H2,1H3,(H,29,33). The van der Waals surface area contributed by atoms with Crippen LogP contribution in [0.3, 0.4) is 0 Å². The zero-order valence-corrected chi connectivity index (χ0v) is 19.7. The molecule has 0 aliphatic carbocycles. The highest BCUT2D eigenvalue weighted by Crippen LogP contribution is 2.29. The number of nitrogens with one attached hydrogen (secondary N) is 1. The van der Waals surface area contributed by atoms with Crippen molar-refractivity contribution in [1.82, 2.24) is 14.9 Å². The van der Waals surface area contributed by atoms with Crippen molar-refractivity contribution in [3.05, 3.63) is 77.0 Å². The van der Waals surface area contributed by atoms with Gasteiger partial charge in [-0.15, -0.1) is 0 Å². The third-order valence-electron chi connectivity index (χ3n) is 6.32. The third kappa shape index (κ3) is 5.19. The van der Waals surface area contributed by atoms with Gasteiger partial charge in [0.2, 0.25) is 0 Å². The Morgan fingerprint density at radius 1 is 1.09 bits per heavy atom. The van der Waals surface area contributed by atoms with E-state index < -0.39 is 5.82 Å². The third-order valence-corrected chi connectivity index (χ3v) is 6.32. The van der Waals surface area contributed by atoms with Gasteiger partial charge in [-0.25, -0.2) is 19.2 Å². The smallest absolute Gasteiger partial charge is 0.322 e. The van der Waals surface area contributed by atoms with E-state index in [0.717, 1.165) is 47.3 Å². The largest absolute Gasteiger partial charge is 0.497 e. The highest BCUT2D eigenvalue weighted by Gasteiger charge is 2.28. The number of urea groups is 1. The number of rotatable bonds is 5. The van der Waals surface area contributed by atoms with E-state index in [-0.39, 0.29) is 11.7 Å². The number of methoxy groups -OCH3 is 1. The molecule has 2 aromatic carbocycles. The average molecular weight is 478 g/mol. The first kappa shape index (κ1) is 23.0. The second kappa shape index (κ2) is 10.3. The Hall–Kier alpha value is -3.72. The zero-order chi connectivity index (χ0) is 24.2. The Balaban J connectivity index is 1.41. The summed E-state index contributed by atoms with van der Waals surface area (Å²) < 4.78 is 24.9. The van der Waals surface area contributed by atoms with Crippen LogP contribution >= 0.6 is 0 Å². The summed E-state index contributed by atoms with van der Waals surface area (Å²) >= 11 is 0. The van der Waals surface area contributed by atoms with Gasteiger partial charge in [-0.2, -0.15) is 0 Å². The molecule has 8 nitrogen and oxygen atoms in total. The quantitative estimate of drug-likeness (QED) is 0.605. The maximum atomic E-state index is 14.1. The molecule has 35 heavy (non-hydrogen) atoms. The maximum absolute atomic E-state index is 14.1. The summed E-state index contributed by atoms with van der Waals surface area (Å²) in [5.41, 5.74) is 3.17. The van der Waals surface area contributed by atoms with Crippen molar-refractivity contribution < 1.29 is 18.7 Å². The fourth-order valence-electron chi connectivity index (χ4n) is 4.42. The summed E-state index contributed by atoms with van der Waals surface area (Å²) in [5, 5.41) is 2.69. The molecule has 2 aliphatic heterocycles. The molecule has 3 heterocycles. The SMILES string of the molecule is COc1ccc(Cc2nc3c(c(N4CCOCC4)n2)CN(C(=O)Nc2ccccc2F)CC3)cc1. The molecule has 1 N–H and O–H groups in total. The molecule has 0 unspecified atom stereocenters. The monoisotopic (exact) mass is 477 g/mol. The van der Waals surface area contributed by atoms with Crippen molar-refractivity contribution in [3.8, 4) is 5.75 Å². The van der Waals surface area contributed by atoms with Gasteiger partial charge >= 0.3 is 6.03 Å². The van der Waals surface area contributed by atoms with Crippen LogP contribution in [-0.4, -0.2) is 60.9 Å². The number of fused-ring (bicyclic) bond motifs is 1. The van der Waals surface area contributed by atoms with E-state index in [4.69, 9.17) is 19.4 Å². The lowest BCUT2D eigenvalue weighted by Crippen LogP contribution is -2.42. The highest BCUT2D eigenvalue weighted by atomic mass is 19.1. The molecule has 5 rings (SSSR count). The number of hydrogen-bond donors (Lipinski definition) is 1. The van der Waals surface area contributed by atoms with E-state index in [9.17, 15) is 9.18 Å². The van der Waals surface area contributed by atoms with E-state index in [1.54, 1.807) is 30.2 Å². The Morgan fingerprint density at radius 2 is 1.86 bits per heavy atom. The molecular weight excluding hydrogens is 449 g/mol. The summed E-state index contributed by atoms with van der Waals surface area (Å²) in [6, 6.07) is 13.7.